The molecule has 188 valence electrons. The number of benzene rings is 2. The van der Waals surface area contributed by atoms with Crippen LogP contribution >= 0.6 is 0 Å². The molecule has 0 bridgehead atoms. The van der Waals surface area contributed by atoms with Gasteiger partial charge in [-0.2, -0.15) is 0 Å². The highest BCUT2D eigenvalue weighted by Gasteiger charge is 2.26. The van der Waals surface area contributed by atoms with Gasteiger partial charge in [-0.15, -0.1) is 0 Å². The van der Waals surface area contributed by atoms with E-state index in [1.165, 1.54) is 45.5 Å². The largest absolute Gasteiger partial charge is 0.493 e. The van der Waals surface area contributed by atoms with Crippen LogP contribution in [0.4, 0.5) is 9.18 Å². The van der Waals surface area contributed by atoms with E-state index in [-0.39, 0.29) is 39.9 Å². The predicted octanol–water partition coefficient (Wildman–Crippen LogP) is 3.61. The molecule has 12 heteroatoms. The summed E-state index contributed by atoms with van der Waals surface area (Å²) in [4.78, 5) is 28.4. The molecule has 0 atom stereocenters. The van der Waals surface area contributed by atoms with E-state index in [1.807, 2.05) is 0 Å². The number of aldehydes is 1. The lowest BCUT2D eigenvalue weighted by molar-refractivity contribution is 0.0533. The van der Waals surface area contributed by atoms with Crippen molar-refractivity contribution in [2.24, 2.45) is 0 Å². The van der Waals surface area contributed by atoms with Crippen molar-refractivity contribution in [3.63, 3.8) is 0 Å². The fourth-order valence-corrected chi connectivity index (χ4v) is 4.07. The summed E-state index contributed by atoms with van der Waals surface area (Å²) in [5, 5.41) is 0. The number of carbonyl (C=O) groups excluding carboxylic acids is 2. The minimum atomic E-state index is -3.75. The highest BCUT2D eigenvalue weighted by atomic mass is 32.2. The van der Waals surface area contributed by atoms with Gasteiger partial charge in [0.1, 0.15) is 18.0 Å². The SMILES string of the molecule is COc1cc(C=O)c(F)cc1OCc1nc2cc(S(=O)(=O)N(C)C)ccc2n1C(=O)OC(C)(C)C. The van der Waals surface area contributed by atoms with Gasteiger partial charge in [0.05, 0.1) is 28.6 Å². The molecular weight excluding hydrogens is 481 g/mol. The molecule has 35 heavy (non-hydrogen) atoms. The summed E-state index contributed by atoms with van der Waals surface area (Å²) in [6, 6.07) is 6.33. The Morgan fingerprint density at radius 3 is 2.43 bits per heavy atom. The fourth-order valence-electron chi connectivity index (χ4n) is 3.15. The van der Waals surface area contributed by atoms with Gasteiger partial charge in [-0.1, -0.05) is 0 Å². The third kappa shape index (κ3) is 5.43. The molecule has 0 aliphatic rings. The number of imidazole rings is 1. The summed E-state index contributed by atoms with van der Waals surface area (Å²) in [6.07, 6.45) is -0.403. The van der Waals surface area contributed by atoms with Crippen molar-refractivity contribution >= 4 is 33.4 Å². The van der Waals surface area contributed by atoms with E-state index in [0.717, 1.165) is 14.9 Å². The smallest absolute Gasteiger partial charge is 0.420 e. The average molecular weight is 508 g/mol. The van der Waals surface area contributed by atoms with Crippen LogP contribution < -0.4 is 9.47 Å². The number of hydrogen-bond donors (Lipinski definition) is 0. The monoisotopic (exact) mass is 507 g/mol. The standard InChI is InChI=1S/C23H26FN3O7S/c1-23(2,3)34-22(29)27-18-8-7-15(35(30,31)26(4)5)10-17(18)25-21(27)13-33-20-11-16(24)14(12-28)9-19(20)32-6/h7-12H,13H2,1-6H3. The molecule has 0 unspecified atom stereocenters. The maximum absolute atomic E-state index is 14.2. The molecule has 0 N–H and O–H groups in total. The number of sulfonamides is 1. The van der Waals surface area contributed by atoms with E-state index >= 15 is 0 Å². The Balaban J connectivity index is 2.09. The summed E-state index contributed by atoms with van der Waals surface area (Å²) in [7, 11) is 0.391. The maximum Gasteiger partial charge on any atom is 0.420 e. The van der Waals surface area contributed by atoms with Crippen molar-refractivity contribution in [2.45, 2.75) is 37.9 Å². The number of nitrogens with zero attached hydrogens (tertiary/aromatic N) is 3. The van der Waals surface area contributed by atoms with Gasteiger partial charge in [-0.05, 0) is 45.0 Å². The van der Waals surface area contributed by atoms with Crippen LogP contribution in [-0.2, 0) is 21.4 Å². The number of methoxy groups -OCH3 is 1. The average Bonchev–Trinajstić information content (AvgIpc) is 3.14. The lowest BCUT2D eigenvalue weighted by atomic mass is 10.2. The van der Waals surface area contributed by atoms with Crippen molar-refractivity contribution < 1.29 is 36.6 Å². The van der Waals surface area contributed by atoms with E-state index in [1.54, 1.807) is 20.8 Å². The first kappa shape index (κ1) is 26.1. The van der Waals surface area contributed by atoms with Crippen LogP contribution in [0, 0.1) is 5.82 Å². The summed E-state index contributed by atoms with van der Waals surface area (Å²) in [5.41, 5.74) is -0.515. The fraction of sp³-hybridized carbons (Fsp3) is 0.348. The van der Waals surface area contributed by atoms with Crippen molar-refractivity contribution in [2.75, 3.05) is 21.2 Å². The normalized spacial score (nSPS) is 12.1. The Kier molecular flexibility index (Phi) is 7.18. The highest BCUT2D eigenvalue weighted by Crippen LogP contribution is 2.31. The Bertz CT molecular complexity index is 1390. The molecule has 0 saturated carbocycles. The molecule has 3 aromatic rings. The molecule has 0 amide bonds. The van der Waals surface area contributed by atoms with Crippen LogP contribution in [-0.4, -0.2) is 61.5 Å². The van der Waals surface area contributed by atoms with E-state index in [2.05, 4.69) is 4.98 Å². The number of rotatable bonds is 7. The highest BCUT2D eigenvalue weighted by molar-refractivity contribution is 7.89. The predicted molar refractivity (Wildman–Crippen MR) is 125 cm³/mol. The van der Waals surface area contributed by atoms with Crippen LogP contribution in [0.5, 0.6) is 11.5 Å². The van der Waals surface area contributed by atoms with Gasteiger partial charge in [0.2, 0.25) is 10.0 Å². The van der Waals surface area contributed by atoms with Crippen LogP contribution in [0.2, 0.25) is 0 Å². The zero-order valence-corrected chi connectivity index (χ0v) is 21.0. The lowest BCUT2D eigenvalue weighted by Gasteiger charge is -2.20. The summed E-state index contributed by atoms with van der Waals surface area (Å²) >= 11 is 0. The third-order valence-corrected chi connectivity index (χ3v) is 6.63. The van der Waals surface area contributed by atoms with Crippen LogP contribution in [0.1, 0.15) is 37.0 Å². The first-order chi connectivity index (χ1) is 16.3. The number of hydrogen-bond acceptors (Lipinski definition) is 8. The second-order valence-corrected chi connectivity index (χ2v) is 10.9. The molecule has 2 aromatic carbocycles. The third-order valence-electron chi connectivity index (χ3n) is 4.82. The van der Waals surface area contributed by atoms with Crippen molar-refractivity contribution in [1.29, 1.82) is 0 Å². The summed E-state index contributed by atoms with van der Waals surface area (Å²) in [6.45, 7) is 4.78. The number of carbonyl (C=O) groups is 2. The van der Waals surface area contributed by atoms with Gasteiger partial charge < -0.3 is 14.2 Å². The van der Waals surface area contributed by atoms with E-state index in [0.29, 0.717) is 11.8 Å². The van der Waals surface area contributed by atoms with Crippen molar-refractivity contribution in [3.05, 3.63) is 47.5 Å². The topological polar surface area (TPSA) is 117 Å². The van der Waals surface area contributed by atoms with Gasteiger partial charge in [0.25, 0.3) is 0 Å². The molecule has 0 radical (unpaired) electrons. The minimum Gasteiger partial charge on any atom is -0.493 e. The minimum absolute atomic E-state index is 0.00972. The van der Waals surface area contributed by atoms with Crippen LogP contribution in [0.25, 0.3) is 11.0 Å². The van der Waals surface area contributed by atoms with Crippen molar-refractivity contribution in [1.82, 2.24) is 13.9 Å². The molecule has 10 nitrogen and oxygen atoms in total. The lowest BCUT2D eigenvalue weighted by Crippen LogP contribution is -2.28. The number of halogens is 1. The van der Waals surface area contributed by atoms with E-state index < -0.39 is 27.5 Å². The van der Waals surface area contributed by atoms with Gasteiger partial charge in [0, 0.05) is 20.2 Å². The van der Waals surface area contributed by atoms with Crippen molar-refractivity contribution in [3.8, 4) is 11.5 Å². The van der Waals surface area contributed by atoms with Gasteiger partial charge in [0.15, 0.2) is 23.6 Å². The maximum atomic E-state index is 14.2. The summed E-state index contributed by atoms with van der Waals surface area (Å²) < 4.78 is 57.8. The van der Waals surface area contributed by atoms with Gasteiger partial charge in [-0.25, -0.2) is 31.5 Å². The Labute approximate surface area is 202 Å². The number of ether oxygens (including phenoxy) is 3. The number of aromatic nitrogens is 2. The molecule has 0 spiro atoms. The Morgan fingerprint density at radius 2 is 1.86 bits per heavy atom. The molecule has 1 aromatic heterocycles. The first-order valence-electron chi connectivity index (χ1n) is 10.4. The second-order valence-electron chi connectivity index (χ2n) is 8.71. The van der Waals surface area contributed by atoms with E-state index in [4.69, 9.17) is 14.2 Å². The zero-order valence-electron chi connectivity index (χ0n) is 20.2. The Hall–Kier alpha value is -3.51. The molecule has 0 saturated heterocycles. The van der Waals surface area contributed by atoms with Gasteiger partial charge in [-0.3, -0.25) is 4.79 Å². The Morgan fingerprint density at radius 1 is 1.17 bits per heavy atom. The van der Waals surface area contributed by atoms with Crippen LogP contribution in [0.15, 0.2) is 35.2 Å². The van der Waals surface area contributed by atoms with E-state index in [9.17, 15) is 22.4 Å². The molecule has 0 aliphatic carbocycles. The van der Waals surface area contributed by atoms with Crippen LogP contribution in [0.3, 0.4) is 0 Å². The molecule has 0 fully saturated rings. The quantitative estimate of drug-likeness (QED) is 0.445. The zero-order chi connectivity index (χ0) is 26.1. The number of fused-ring (bicyclic) bond motifs is 1. The molecule has 1 heterocycles. The summed E-state index contributed by atoms with van der Waals surface area (Å²) in [5.74, 6) is -0.646. The molecule has 3 rings (SSSR count). The van der Waals surface area contributed by atoms with Gasteiger partial charge >= 0.3 is 6.09 Å². The molecule has 0 aliphatic heterocycles. The molecular formula is C23H26FN3O7S. The second kappa shape index (κ2) is 9.62. The first-order valence-corrected chi connectivity index (χ1v) is 11.8.